The van der Waals surface area contributed by atoms with Gasteiger partial charge in [-0.15, -0.1) is 12.6 Å². The average molecular weight is 340 g/mol. The van der Waals surface area contributed by atoms with Gasteiger partial charge in [-0.2, -0.15) is 5.26 Å². The second kappa shape index (κ2) is 6.13. The van der Waals surface area contributed by atoms with Crippen molar-refractivity contribution in [3.8, 4) is 6.07 Å². The first-order valence-electron chi connectivity index (χ1n) is 7.57. The van der Waals surface area contributed by atoms with Crippen LogP contribution in [0.1, 0.15) is 48.9 Å². The summed E-state index contributed by atoms with van der Waals surface area (Å²) in [5.41, 5.74) is 1.47. The molecule has 0 fully saturated rings. The fourth-order valence-electron chi connectivity index (χ4n) is 2.99. The molecule has 0 spiro atoms. The van der Waals surface area contributed by atoms with Gasteiger partial charge in [-0.1, -0.05) is 12.1 Å². The van der Waals surface area contributed by atoms with Crippen molar-refractivity contribution in [2.24, 2.45) is 0 Å². The molecule has 0 saturated heterocycles. The number of hydrogen-bond donors (Lipinski definition) is 2. The summed E-state index contributed by atoms with van der Waals surface area (Å²) in [5, 5.41) is 12.0. The van der Waals surface area contributed by atoms with E-state index in [1.165, 1.54) is 4.57 Å². The number of rotatable bonds is 2. The molecule has 1 N–H and O–H groups in total. The SMILES string of the molecule is CC(C)n1c(S)nc2c(c1=O)C(c1cccc(C#N)c1)CC(=O)N2. The molecule has 1 aromatic heterocycles. The van der Waals surface area contributed by atoms with Crippen molar-refractivity contribution in [1.29, 1.82) is 5.26 Å². The van der Waals surface area contributed by atoms with E-state index in [1.807, 2.05) is 19.9 Å². The van der Waals surface area contributed by atoms with E-state index < -0.39 is 5.92 Å². The smallest absolute Gasteiger partial charge is 0.260 e. The summed E-state index contributed by atoms with van der Waals surface area (Å²) >= 11 is 4.28. The number of amides is 1. The molecule has 1 atom stereocenters. The van der Waals surface area contributed by atoms with Crippen LogP contribution in [0.2, 0.25) is 0 Å². The molecule has 0 aliphatic carbocycles. The Labute approximate surface area is 144 Å². The summed E-state index contributed by atoms with van der Waals surface area (Å²) in [4.78, 5) is 29.3. The number of aromatic nitrogens is 2. The van der Waals surface area contributed by atoms with Crippen LogP contribution in [0, 0.1) is 11.3 Å². The van der Waals surface area contributed by atoms with E-state index in [2.05, 4.69) is 29.0 Å². The van der Waals surface area contributed by atoms with E-state index >= 15 is 0 Å². The molecule has 122 valence electrons. The van der Waals surface area contributed by atoms with Crippen molar-refractivity contribution in [2.45, 2.75) is 37.4 Å². The summed E-state index contributed by atoms with van der Waals surface area (Å²) < 4.78 is 1.50. The standard InChI is InChI=1S/C17H16N4O2S/c1-9(2)21-16(23)14-12(11-5-3-4-10(6-11)8-18)7-13(22)19-15(14)20-17(21)24/h3-6,9,12H,7H2,1-2H3,(H,19,22)(H,20,24). The van der Waals surface area contributed by atoms with Crippen molar-refractivity contribution >= 4 is 24.4 Å². The second-order valence-electron chi connectivity index (χ2n) is 5.99. The average Bonchev–Trinajstić information content (AvgIpc) is 2.53. The molecule has 1 amide bonds. The summed E-state index contributed by atoms with van der Waals surface area (Å²) in [6, 6.07) is 8.95. The summed E-state index contributed by atoms with van der Waals surface area (Å²) in [5.74, 6) is -0.386. The lowest BCUT2D eigenvalue weighted by molar-refractivity contribution is -0.116. The first kappa shape index (κ1) is 16.3. The molecule has 1 aromatic carbocycles. The largest absolute Gasteiger partial charge is 0.310 e. The highest BCUT2D eigenvalue weighted by Gasteiger charge is 2.32. The van der Waals surface area contributed by atoms with Crippen molar-refractivity contribution in [3.63, 3.8) is 0 Å². The topological polar surface area (TPSA) is 87.8 Å². The zero-order chi connectivity index (χ0) is 17.4. The third-order valence-corrected chi connectivity index (χ3v) is 4.38. The number of nitrogens with one attached hydrogen (secondary N) is 1. The van der Waals surface area contributed by atoms with Gasteiger partial charge < -0.3 is 5.32 Å². The number of thiol groups is 1. The Morgan fingerprint density at radius 1 is 1.42 bits per heavy atom. The Balaban J connectivity index is 2.25. The van der Waals surface area contributed by atoms with Crippen molar-refractivity contribution in [2.75, 3.05) is 5.32 Å². The molecule has 1 aliphatic rings. The Kier molecular flexibility index (Phi) is 4.16. The van der Waals surface area contributed by atoms with Crippen LogP contribution in [0.15, 0.2) is 34.2 Å². The van der Waals surface area contributed by atoms with Crippen molar-refractivity contribution in [3.05, 3.63) is 51.3 Å². The van der Waals surface area contributed by atoms with Gasteiger partial charge in [0.25, 0.3) is 5.56 Å². The molecular formula is C17H16N4O2S. The third-order valence-electron chi connectivity index (χ3n) is 4.06. The molecule has 24 heavy (non-hydrogen) atoms. The summed E-state index contributed by atoms with van der Waals surface area (Å²) in [6.07, 6.45) is 0.142. The molecule has 1 unspecified atom stereocenters. The minimum absolute atomic E-state index is 0.105. The molecule has 6 nitrogen and oxygen atoms in total. The molecule has 0 radical (unpaired) electrons. The zero-order valence-corrected chi connectivity index (χ0v) is 14.2. The predicted octanol–water partition coefficient (Wildman–Crippen LogP) is 2.46. The molecule has 1 aliphatic heterocycles. The summed E-state index contributed by atoms with van der Waals surface area (Å²) in [6.45, 7) is 3.75. The lowest BCUT2D eigenvalue weighted by Crippen LogP contribution is -2.35. The Bertz CT molecular complexity index is 927. The minimum Gasteiger partial charge on any atom is -0.310 e. The molecular weight excluding hydrogens is 324 g/mol. The van der Waals surface area contributed by atoms with Gasteiger partial charge in [-0.05, 0) is 31.5 Å². The van der Waals surface area contributed by atoms with Crippen LogP contribution >= 0.6 is 12.6 Å². The van der Waals surface area contributed by atoms with Gasteiger partial charge in [0.05, 0.1) is 17.2 Å². The number of carbonyl (C=O) groups excluding carboxylic acids is 1. The van der Waals surface area contributed by atoms with Crippen LogP contribution < -0.4 is 10.9 Å². The van der Waals surface area contributed by atoms with Gasteiger partial charge in [-0.25, -0.2) is 4.98 Å². The van der Waals surface area contributed by atoms with E-state index in [4.69, 9.17) is 5.26 Å². The van der Waals surface area contributed by atoms with Gasteiger partial charge >= 0.3 is 0 Å². The molecule has 3 rings (SSSR count). The lowest BCUT2D eigenvalue weighted by atomic mass is 9.86. The Hall–Kier alpha value is -2.59. The van der Waals surface area contributed by atoms with Gasteiger partial charge in [0.15, 0.2) is 5.16 Å². The molecule has 2 aromatic rings. The van der Waals surface area contributed by atoms with Crippen LogP contribution in [0.3, 0.4) is 0 Å². The predicted molar refractivity (Wildman–Crippen MR) is 92.4 cm³/mol. The highest BCUT2D eigenvalue weighted by Crippen LogP contribution is 2.35. The second-order valence-corrected chi connectivity index (χ2v) is 6.39. The first-order chi connectivity index (χ1) is 11.4. The van der Waals surface area contributed by atoms with Gasteiger partial charge in [0.2, 0.25) is 5.91 Å². The van der Waals surface area contributed by atoms with E-state index in [9.17, 15) is 9.59 Å². The Morgan fingerprint density at radius 2 is 2.17 bits per heavy atom. The maximum atomic E-state index is 13.0. The third kappa shape index (κ3) is 2.69. The van der Waals surface area contributed by atoms with Crippen LogP contribution in [0.25, 0.3) is 0 Å². The van der Waals surface area contributed by atoms with Gasteiger partial charge in [0, 0.05) is 18.4 Å². The van der Waals surface area contributed by atoms with Crippen LogP contribution in [0.4, 0.5) is 5.82 Å². The highest BCUT2D eigenvalue weighted by molar-refractivity contribution is 7.80. The molecule has 2 heterocycles. The number of nitrogens with zero attached hydrogens (tertiary/aromatic N) is 3. The minimum atomic E-state index is -0.430. The molecule has 7 heteroatoms. The van der Waals surface area contributed by atoms with Crippen LogP contribution in [0.5, 0.6) is 0 Å². The maximum absolute atomic E-state index is 13.0. The van der Waals surface area contributed by atoms with Gasteiger partial charge in [-0.3, -0.25) is 14.2 Å². The number of hydrogen-bond acceptors (Lipinski definition) is 5. The van der Waals surface area contributed by atoms with E-state index in [-0.39, 0.29) is 34.9 Å². The van der Waals surface area contributed by atoms with E-state index in [1.54, 1.807) is 18.2 Å². The van der Waals surface area contributed by atoms with Gasteiger partial charge in [0.1, 0.15) is 5.82 Å². The first-order valence-corrected chi connectivity index (χ1v) is 8.02. The van der Waals surface area contributed by atoms with Crippen LogP contribution in [-0.2, 0) is 4.79 Å². The fourth-order valence-corrected chi connectivity index (χ4v) is 3.41. The molecule has 0 saturated carbocycles. The summed E-state index contributed by atoms with van der Waals surface area (Å²) in [7, 11) is 0. The quantitative estimate of drug-likeness (QED) is 0.649. The zero-order valence-electron chi connectivity index (χ0n) is 13.3. The fraction of sp³-hybridized carbons (Fsp3) is 0.294. The molecule has 0 bridgehead atoms. The number of carbonyl (C=O) groups is 1. The number of benzene rings is 1. The highest BCUT2D eigenvalue weighted by atomic mass is 32.1. The van der Waals surface area contributed by atoms with E-state index in [0.717, 1.165) is 5.56 Å². The maximum Gasteiger partial charge on any atom is 0.260 e. The normalized spacial score (nSPS) is 16.5. The number of anilines is 1. The van der Waals surface area contributed by atoms with Crippen LogP contribution in [-0.4, -0.2) is 15.5 Å². The van der Waals surface area contributed by atoms with Crippen molar-refractivity contribution in [1.82, 2.24) is 9.55 Å². The lowest BCUT2D eigenvalue weighted by Gasteiger charge is -2.26. The number of nitriles is 1. The van der Waals surface area contributed by atoms with Crippen molar-refractivity contribution < 1.29 is 4.79 Å². The monoisotopic (exact) mass is 340 g/mol. The number of fused-ring (bicyclic) bond motifs is 1. The Morgan fingerprint density at radius 3 is 2.83 bits per heavy atom. The van der Waals surface area contributed by atoms with E-state index in [0.29, 0.717) is 11.1 Å².